The molecule has 0 atom stereocenters. The van der Waals surface area contributed by atoms with Crippen LogP contribution in [0.2, 0.25) is 0 Å². The second kappa shape index (κ2) is 6.96. The second-order valence-corrected chi connectivity index (χ2v) is 6.25. The monoisotopic (exact) mass is 433 g/mol. The van der Waals surface area contributed by atoms with Crippen molar-refractivity contribution in [3.8, 4) is 5.75 Å². The van der Waals surface area contributed by atoms with Gasteiger partial charge >= 0.3 is 11.9 Å². The van der Waals surface area contributed by atoms with Crippen LogP contribution >= 0.6 is 22.6 Å². The number of carbonyl (C=O) groups is 2. The number of hydrogen-bond donors (Lipinski definition) is 0. The van der Waals surface area contributed by atoms with Gasteiger partial charge in [-0.15, -0.1) is 0 Å². The van der Waals surface area contributed by atoms with E-state index in [9.17, 15) is 9.59 Å². The Kier molecular flexibility index (Phi) is 4.75. The fraction of sp³-hybridized carbons (Fsp3) is 0.0556. The van der Waals surface area contributed by atoms with E-state index < -0.39 is 5.97 Å². The Bertz CT molecular complexity index is 852. The van der Waals surface area contributed by atoms with Crippen molar-refractivity contribution in [2.75, 3.05) is 0 Å². The van der Waals surface area contributed by atoms with Crippen molar-refractivity contribution in [2.24, 2.45) is 4.99 Å². The van der Waals surface area contributed by atoms with Crippen molar-refractivity contribution >= 4 is 46.5 Å². The van der Waals surface area contributed by atoms with E-state index in [4.69, 9.17) is 9.47 Å². The van der Waals surface area contributed by atoms with Crippen LogP contribution in [0.3, 0.4) is 0 Å². The molecule has 24 heavy (non-hydrogen) atoms. The fourth-order valence-corrected chi connectivity index (χ4v) is 2.44. The van der Waals surface area contributed by atoms with E-state index in [1.807, 2.05) is 24.3 Å². The lowest BCUT2D eigenvalue weighted by Gasteiger charge is -2.00. The number of hydrogen-bond acceptors (Lipinski definition) is 5. The predicted octanol–water partition coefficient (Wildman–Crippen LogP) is 3.56. The molecule has 2 aromatic rings. The largest absolute Gasteiger partial charge is 0.427 e. The van der Waals surface area contributed by atoms with Crippen molar-refractivity contribution in [3.05, 3.63) is 68.9 Å². The Labute approximate surface area is 152 Å². The standard InChI is InChI=1S/C18H12INO4/c1-11(21)23-15-8-2-12(3-9-15)10-16-18(22)24-17(20-16)13-4-6-14(19)7-5-13/h2-10H,1H3. The Hall–Kier alpha value is -2.48. The van der Waals surface area contributed by atoms with Crippen LogP contribution in [0.5, 0.6) is 5.75 Å². The zero-order chi connectivity index (χ0) is 17.1. The molecule has 3 rings (SSSR count). The van der Waals surface area contributed by atoms with Crippen LogP contribution in [0.4, 0.5) is 0 Å². The molecule has 0 N–H and O–H groups in total. The van der Waals surface area contributed by atoms with Crippen molar-refractivity contribution in [1.82, 2.24) is 0 Å². The molecule has 0 saturated carbocycles. The van der Waals surface area contributed by atoms with Crippen molar-refractivity contribution in [2.45, 2.75) is 6.92 Å². The van der Waals surface area contributed by atoms with E-state index in [2.05, 4.69) is 27.6 Å². The number of halogens is 1. The van der Waals surface area contributed by atoms with Crippen LogP contribution in [-0.4, -0.2) is 17.8 Å². The van der Waals surface area contributed by atoms with E-state index in [0.29, 0.717) is 11.6 Å². The Morgan fingerprint density at radius 1 is 1.12 bits per heavy atom. The second-order valence-electron chi connectivity index (χ2n) is 5.01. The quantitative estimate of drug-likeness (QED) is 0.322. The molecule has 1 heterocycles. The van der Waals surface area contributed by atoms with Gasteiger partial charge in [-0.05, 0) is 70.6 Å². The van der Waals surface area contributed by atoms with Crippen molar-refractivity contribution in [1.29, 1.82) is 0 Å². The smallest absolute Gasteiger partial charge is 0.363 e. The van der Waals surface area contributed by atoms with E-state index in [1.54, 1.807) is 30.3 Å². The number of ether oxygens (including phenoxy) is 2. The van der Waals surface area contributed by atoms with Gasteiger partial charge in [0.05, 0.1) is 0 Å². The minimum absolute atomic E-state index is 0.226. The van der Waals surface area contributed by atoms with Gasteiger partial charge in [0, 0.05) is 16.1 Å². The molecule has 0 unspecified atom stereocenters. The van der Waals surface area contributed by atoms with Crippen LogP contribution in [0, 0.1) is 3.57 Å². The SMILES string of the molecule is CC(=O)Oc1ccc(C=C2N=C(c3ccc(I)cc3)OC2=O)cc1. The van der Waals surface area contributed by atoms with Gasteiger partial charge in [0.1, 0.15) is 5.75 Å². The van der Waals surface area contributed by atoms with Gasteiger partial charge in [0.25, 0.3) is 0 Å². The van der Waals surface area contributed by atoms with Crippen LogP contribution in [0.15, 0.2) is 59.2 Å². The number of rotatable bonds is 3. The highest BCUT2D eigenvalue weighted by atomic mass is 127. The molecular formula is C18H12INO4. The molecular weight excluding hydrogens is 421 g/mol. The average Bonchev–Trinajstić information content (AvgIpc) is 2.90. The Balaban J connectivity index is 1.83. The summed E-state index contributed by atoms with van der Waals surface area (Å²) in [5.74, 6) is -0.138. The minimum Gasteiger partial charge on any atom is -0.427 e. The zero-order valence-electron chi connectivity index (χ0n) is 12.7. The molecule has 0 spiro atoms. The average molecular weight is 433 g/mol. The summed E-state index contributed by atoms with van der Waals surface area (Å²) in [4.78, 5) is 27.1. The molecule has 0 fully saturated rings. The first-order valence-electron chi connectivity index (χ1n) is 7.08. The summed E-state index contributed by atoms with van der Waals surface area (Å²) in [7, 11) is 0. The topological polar surface area (TPSA) is 65.0 Å². The van der Waals surface area contributed by atoms with Crippen LogP contribution in [0.1, 0.15) is 18.1 Å². The van der Waals surface area contributed by atoms with Gasteiger partial charge in [-0.1, -0.05) is 12.1 Å². The Morgan fingerprint density at radius 2 is 1.79 bits per heavy atom. The molecule has 1 aliphatic heterocycles. The van der Waals surface area contributed by atoms with Crippen molar-refractivity contribution in [3.63, 3.8) is 0 Å². The van der Waals surface area contributed by atoms with E-state index in [1.165, 1.54) is 6.92 Å². The van der Waals surface area contributed by atoms with E-state index >= 15 is 0 Å². The Morgan fingerprint density at radius 3 is 2.42 bits per heavy atom. The minimum atomic E-state index is -0.493. The molecule has 0 saturated heterocycles. The maximum atomic E-state index is 12.0. The number of carbonyl (C=O) groups excluding carboxylic acids is 2. The molecule has 0 amide bonds. The number of benzene rings is 2. The summed E-state index contributed by atoms with van der Waals surface area (Å²) in [6.45, 7) is 1.34. The van der Waals surface area contributed by atoms with Crippen molar-refractivity contribution < 1.29 is 19.1 Å². The maximum Gasteiger partial charge on any atom is 0.363 e. The maximum absolute atomic E-state index is 12.0. The van der Waals surface area contributed by atoms with Gasteiger partial charge < -0.3 is 9.47 Å². The highest BCUT2D eigenvalue weighted by Gasteiger charge is 2.24. The molecule has 1 aliphatic rings. The molecule has 2 aromatic carbocycles. The lowest BCUT2D eigenvalue weighted by atomic mass is 10.2. The van der Waals surface area contributed by atoms with Gasteiger partial charge in [-0.2, -0.15) is 0 Å². The third-order valence-electron chi connectivity index (χ3n) is 3.16. The summed E-state index contributed by atoms with van der Waals surface area (Å²) in [6, 6.07) is 14.3. The molecule has 5 nitrogen and oxygen atoms in total. The zero-order valence-corrected chi connectivity index (χ0v) is 14.8. The number of cyclic esters (lactones) is 1. The summed E-state index contributed by atoms with van der Waals surface area (Å²) < 4.78 is 11.3. The lowest BCUT2D eigenvalue weighted by molar-refractivity contribution is -0.132. The van der Waals surface area contributed by atoms with Gasteiger partial charge in [0.15, 0.2) is 5.70 Å². The first-order valence-corrected chi connectivity index (χ1v) is 8.16. The van der Waals surface area contributed by atoms with Gasteiger partial charge in [-0.25, -0.2) is 9.79 Å². The third-order valence-corrected chi connectivity index (χ3v) is 3.88. The van der Waals surface area contributed by atoms with E-state index in [0.717, 1.165) is 14.7 Å². The first-order chi connectivity index (χ1) is 11.5. The van der Waals surface area contributed by atoms with Gasteiger partial charge in [-0.3, -0.25) is 4.79 Å². The summed E-state index contributed by atoms with van der Waals surface area (Å²) in [5, 5.41) is 0. The molecule has 6 heteroatoms. The number of aliphatic imine (C=N–C) groups is 1. The van der Waals surface area contributed by atoms with Gasteiger partial charge in [0.2, 0.25) is 5.90 Å². The summed E-state index contributed by atoms with van der Waals surface area (Å²) >= 11 is 2.20. The molecule has 0 aromatic heterocycles. The molecule has 120 valence electrons. The van der Waals surface area contributed by atoms with Crippen LogP contribution in [-0.2, 0) is 14.3 Å². The third kappa shape index (κ3) is 3.88. The first kappa shape index (κ1) is 16.4. The van der Waals surface area contributed by atoms with E-state index in [-0.39, 0.29) is 11.7 Å². The number of esters is 2. The highest BCUT2D eigenvalue weighted by molar-refractivity contribution is 14.1. The summed E-state index contributed by atoms with van der Waals surface area (Å²) in [6.07, 6.45) is 1.62. The predicted molar refractivity (Wildman–Crippen MR) is 97.5 cm³/mol. The molecule has 0 aliphatic carbocycles. The van der Waals surface area contributed by atoms with Crippen LogP contribution in [0.25, 0.3) is 6.08 Å². The summed E-state index contributed by atoms with van der Waals surface area (Å²) in [5.41, 5.74) is 1.73. The highest BCUT2D eigenvalue weighted by Crippen LogP contribution is 2.21. The fourth-order valence-electron chi connectivity index (χ4n) is 2.08. The normalized spacial score (nSPS) is 15.2. The lowest BCUT2D eigenvalue weighted by Crippen LogP contribution is -2.05. The molecule has 0 radical (unpaired) electrons. The number of nitrogens with zero attached hydrogens (tertiary/aromatic N) is 1. The van der Waals surface area contributed by atoms with Crippen LogP contribution < -0.4 is 4.74 Å². The molecule has 0 bridgehead atoms.